The minimum Gasteiger partial charge on any atom is -0.483 e. The van der Waals surface area contributed by atoms with Gasteiger partial charge in [0.2, 0.25) is 5.91 Å². The Balaban J connectivity index is 1.93. The summed E-state index contributed by atoms with van der Waals surface area (Å²) >= 11 is 3.48. The molecule has 0 aliphatic carbocycles. The van der Waals surface area contributed by atoms with Gasteiger partial charge in [0.15, 0.2) is 6.61 Å². The van der Waals surface area contributed by atoms with Gasteiger partial charge in [0.1, 0.15) is 11.8 Å². The molecule has 0 saturated carbocycles. The van der Waals surface area contributed by atoms with E-state index in [4.69, 9.17) is 4.74 Å². The van der Waals surface area contributed by atoms with Gasteiger partial charge in [0.25, 0.3) is 5.91 Å². The molecule has 0 unspecified atom stereocenters. The standard InChI is InChI=1S/C31H37BrN2O3/c1-5-23(4)33-31(36)28(19-24-11-7-6-8-12-24)34(20-25-15-17-26(32)18-16-25)30(35)21-37-29-14-10-9-13-27(29)22(2)3/h6-18,22-23,28H,5,19-21H2,1-4H3,(H,33,36)/t23-,28+/m0/s1. The molecule has 3 aromatic carbocycles. The van der Waals surface area contributed by atoms with Crippen LogP contribution in [0.2, 0.25) is 0 Å². The van der Waals surface area contributed by atoms with Gasteiger partial charge in [-0.1, -0.05) is 97.4 Å². The van der Waals surface area contributed by atoms with Crippen molar-refractivity contribution in [3.05, 3.63) is 100 Å². The SMILES string of the molecule is CC[C@H](C)NC(=O)[C@@H](Cc1ccccc1)N(Cc1ccc(Br)cc1)C(=O)COc1ccccc1C(C)C. The fraction of sp³-hybridized carbons (Fsp3) is 0.355. The van der Waals surface area contributed by atoms with Crippen molar-refractivity contribution in [2.24, 2.45) is 0 Å². The fourth-order valence-corrected chi connectivity index (χ4v) is 4.36. The average molecular weight is 566 g/mol. The molecule has 0 aromatic heterocycles. The molecule has 0 heterocycles. The van der Waals surface area contributed by atoms with Crippen molar-refractivity contribution in [2.45, 2.75) is 65.1 Å². The lowest BCUT2D eigenvalue weighted by molar-refractivity contribution is -0.143. The van der Waals surface area contributed by atoms with Gasteiger partial charge >= 0.3 is 0 Å². The number of amides is 2. The summed E-state index contributed by atoms with van der Waals surface area (Å²) in [5.74, 6) is 0.559. The number of nitrogens with one attached hydrogen (secondary N) is 1. The highest BCUT2D eigenvalue weighted by molar-refractivity contribution is 9.10. The van der Waals surface area contributed by atoms with Crippen LogP contribution in [-0.4, -0.2) is 35.4 Å². The molecule has 6 heteroatoms. The molecule has 196 valence electrons. The van der Waals surface area contributed by atoms with E-state index >= 15 is 0 Å². The molecule has 1 N–H and O–H groups in total. The zero-order chi connectivity index (χ0) is 26.8. The van der Waals surface area contributed by atoms with Crippen LogP contribution in [0.4, 0.5) is 0 Å². The normalized spacial score (nSPS) is 12.6. The van der Waals surface area contributed by atoms with Crippen molar-refractivity contribution in [3.63, 3.8) is 0 Å². The number of rotatable bonds is 12. The van der Waals surface area contributed by atoms with Crippen LogP contribution in [0.1, 0.15) is 56.7 Å². The molecular formula is C31H37BrN2O3. The molecule has 0 aliphatic rings. The van der Waals surface area contributed by atoms with Crippen molar-refractivity contribution in [2.75, 3.05) is 6.61 Å². The van der Waals surface area contributed by atoms with Crippen LogP contribution >= 0.6 is 15.9 Å². The quantitative estimate of drug-likeness (QED) is 0.273. The highest BCUT2D eigenvalue weighted by atomic mass is 79.9. The van der Waals surface area contributed by atoms with Crippen LogP contribution in [0.25, 0.3) is 0 Å². The van der Waals surface area contributed by atoms with E-state index in [0.29, 0.717) is 18.7 Å². The molecule has 0 bridgehead atoms. The molecule has 0 spiro atoms. The summed E-state index contributed by atoms with van der Waals surface area (Å²) < 4.78 is 7.01. The molecule has 2 amide bonds. The Labute approximate surface area is 229 Å². The Hall–Kier alpha value is -3.12. The van der Waals surface area contributed by atoms with Crippen LogP contribution < -0.4 is 10.1 Å². The van der Waals surface area contributed by atoms with Crippen molar-refractivity contribution in [1.29, 1.82) is 0 Å². The van der Waals surface area contributed by atoms with E-state index in [-0.39, 0.29) is 30.4 Å². The Morgan fingerprint density at radius 3 is 2.19 bits per heavy atom. The van der Waals surface area contributed by atoms with Crippen molar-refractivity contribution < 1.29 is 14.3 Å². The summed E-state index contributed by atoms with van der Waals surface area (Å²) in [6.07, 6.45) is 1.22. The second kappa shape index (κ2) is 14.0. The lowest BCUT2D eigenvalue weighted by Crippen LogP contribution is -2.53. The second-order valence-electron chi connectivity index (χ2n) is 9.65. The van der Waals surface area contributed by atoms with Crippen molar-refractivity contribution in [3.8, 4) is 5.75 Å². The number of nitrogens with zero attached hydrogens (tertiary/aromatic N) is 1. The number of carbonyl (C=O) groups excluding carboxylic acids is 2. The van der Waals surface area contributed by atoms with E-state index < -0.39 is 6.04 Å². The maximum Gasteiger partial charge on any atom is 0.261 e. The summed E-state index contributed by atoms with van der Waals surface area (Å²) in [6, 6.07) is 24.7. The molecule has 3 rings (SSSR count). The first-order valence-corrected chi connectivity index (χ1v) is 13.7. The van der Waals surface area contributed by atoms with E-state index in [1.807, 2.05) is 92.7 Å². The van der Waals surface area contributed by atoms with E-state index in [1.165, 1.54) is 0 Å². The molecule has 0 saturated heterocycles. The van der Waals surface area contributed by atoms with Gasteiger partial charge in [-0.3, -0.25) is 9.59 Å². The van der Waals surface area contributed by atoms with Crippen LogP contribution in [0, 0.1) is 0 Å². The Morgan fingerprint density at radius 1 is 0.892 bits per heavy atom. The fourth-order valence-electron chi connectivity index (χ4n) is 4.09. The number of ether oxygens (including phenoxy) is 1. The maximum absolute atomic E-state index is 13.8. The van der Waals surface area contributed by atoms with Gasteiger partial charge in [0, 0.05) is 23.5 Å². The minimum atomic E-state index is -0.684. The third-order valence-corrected chi connectivity index (χ3v) is 6.96. The number of benzene rings is 3. The lowest BCUT2D eigenvalue weighted by Gasteiger charge is -2.32. The van der Waals surface area contributed by atoms with E-state index in [1.54, 1.807) is 4.90 Å². The highest BCUT2D eigenvalue weighted by Crippen LogP contribution is 2.26. The van der Waals surface area contributed by atoms with Crippen LogP contribution in [0.5, 0.6) is 5.75 Å². The topological polar surface area (TPSA) is 58.6 Å². The summed E-state index contributed by atoms with van der Waals surface area (Å²) in [7, 11) is 0. The summed E-state index contributed by atoms with van der Waals surface area (Å²) in [5.41, 5.74) is 2.98. The van der Waals surface area contributed by atoms with Gasteiger partial charge in [-0.15, -0.1) is 0 Å². The average Bonchev–Trinajstić information content (AvgIpc) is 2.90. The molecule has 0 aliphatic heterocycles. The maximum atomic E-state index is 13.8. The number of hydrogen-bond acceptors (Lipinski definition) is 3. The number of para-hydroxylation sites is 1. The van der Waals surface area contributed by atoms with Gasteiger partial charge in [-0.25, -0.2) is 0 Å². The zero-order valence-electron chi connectivity index (χ0n) is 22.1. The first kappa shape index (κ1) is 28.5. The second-order valence-corrected chi connectivity index (χ2v) is 10.6. The monoisotopic (exact) mass is 564 g/mol. The van der Waals surface area contributed by atoms with Gasteiger partial charge in [-0.2, -0.15) is 0 Å². The van der Waals surface area contributed by atoms with Crippen molar-refractivity contribution >= 4 is 27.7 Å². The predicted octanol–water partition coefficient (Wildman–Crippen LogP) is 6.51. The minimum absolute atomic E-state index is 0.00424. The molecule has 5 nitrogen and oxygen atoms in total. The largest absolute Gasteiger partial charge is 0.483 e. The molecule has 0 radical (unpaired) electrons. The van der Waals surface area contributed by atoms with Gasteiger partial charge < -0.3 is 15.0 Å². The van der Waals surface area contributed by atoms with E-state index in [9.17, 15) is 9.59 Å². The molecule has 2 atom stereocenters. The summed E-state index contributed by atoms with van der Waals surface area (Å²) in [4.78, 5) is 29.0. The number of hydrogen-bond donors (Lipinski definition) is 1. The highest BCUT2D eigenvalue weighted by Gasteiger charge is 2.31. The predicted molar refractivity (Wildman–Crippen MR) is 153 cm³/mol. The first-order chi connectivity index (χ1) is 17.8. The van der Waals surface area contributed by atoms with E-state index in [0.717, 1.165) is 27.6 Å². The van der Waals surface area contributed by atoms with Gasteiger partial charge in [0.05, 0.1) is 0 Å². The Kier molecular flexibility index (Phi) is 10.8. The number of halogens is 1. The van der Waals surface area contributed by atoms with Crippen LogP contribution in [-0.2, 0) is 22.6 Å². The molecule has 3 aromatic rings. The third-order valence-electron chi connectivity index (χ3n) is 6.43. The van der Waals surface area contributed by atoms with E-state index in [2.05, 4.69) is 35.1 Å². The number of carbonyl (C=O) groups is 2. The molecule has 37 heavy (non-hydrogen) atoms. The third kappa shape index (κ3) is 8.46. The Morgan fingerprint density at radius 2 is 1.54 bits per heavy atom. The molecule has 0 fully saturated rings. The van der Waals surface area contributed by atoms with Crippen LogP contribution in [0.3, 0.4) is 0 Å². The summed E-state index contributed by atoms with van der Waals surface area (Å²) in [5, 5.41) is 3.10. The lowest BCUT2D eigenvalue weighted by atomic mass is 10.0. The molecular weight excluding hydrogens is 528 g/mol. The van der Waals surface area contributed by atoms with Gasteiger partial charge in [-0.05, 0) is 54.2 Å². The summed E-state index contributed by atoms with van der Waals surface area (Å²) in [6.45, 7) is 8.35. The first-order valence-electron chi connectivity index (χ1n) is 12.9. The zero-order valence-corrected chi connectivity index (χ0v) is 23.7. The van der Waals surface area contributed by atoms with Crippen molar-refractivity contribution in [1.82, 2.24) is 10.2 Å². The Bertz CT molecular complexity index is 1150. The van der Waals surface area contributed by atoms with Crippen LogP contribution in [0.15, 0.2) is 83.3 Å². The smallest absolute Gasteiger partial charge is 0.261 e.